The second-order valence-corrected chi connectivity index (χ2v) is 12.0. The van der Waals surface area contributed by atoms with Gasteiger partial charge in [0.05, 0.1) is 17.2 Å². The molecule has 3 fully saturated rings. The molecule has 0 radical (unpaired) electrons. The molecule has 14 heteroatoms. The Labute approximate surface area is 268 Å². The Kier molecular flexibility index (Phi) is 10.7. The molecule has 45 heavy (non-hydrogen) atoms. The molecule has 244 valence electrons. The minimum Gasteiger partial charge on any atom is -0.488 e. The lowest BCUT2D eigenvalue weighted by molar-refractivity contribution is -0.155. The SMILES string of the molecule is C/C(=C\c1ccc(OC2C[C@H](O)[C@@H](/C(C)=C/COc3ccc(Cl)cc3Cl)O2)c(F)c1)C(=O)NC1[C@@H](O)[C@@H]2OCO[C@@H]2[C@H](O)[C@H]1O. The van der Waals surface area contributed by atoms with Gasteiger partial charge in [0.2, 0.25) is 12.2 Å². The molecule has 1 amide bonds. The number of amides is 1. The molecule has 11 nitrogen and oxygen atoms in total. The van der Waals surface area contributed by atoms with Crippen molar-refractivity contribution in [3.63, 3.8) is 0 Å². The summed E-state index contributed by atoms with van der Waals surface area (Å²) in [6.45, 7) is 3.27. The highest BCUT2D eigenvalue weighted by atomic mass is 35.5. The first kappa shape index (κ1) is 33.6. The van der Waals surface area contributed by atoms with E-state index in [1.54, 1.807) is 31.2 Å². The summed E-state index contributed by atoms with van der Waals surface area (Å²) in [7, 11) is 0. The molecule has 0 spiro atoms. The normalized spacial score (nSPS) is 31.9. The molecule has 2 heterocycles. The second-order valence-electron chi connectivity index (χ2n) is 11.1. The van der Waals surface area contributed by atoms with E-state index in [0.29, 0.717) is 26.9 Å². The summed E-state index contributed by atoms with van der Waals surface area (Å²) in [4.78, 5) is 12.8. The molecule has 5 N–H and O–H groups in total. The fourth-order valence-corrected chi connectivity index (χ4v) is 5.93. The van der Waals surface area contributed by atoms with E-state index < -0.39 is 66.8 Å². The van der Waals surface area contributed by atoms with Crippen LogP contribution in [0.2, 0.25) is 10.0 Å². The standard InChI is InChI=1S/C31H34Cl2FNO10/c1-14(7-8-41-21-6-4-17(32)11-18(21)33)28-20(36)12-23(45-28)44-22-5-3-16(10-19(22)34)9-15(2)31(40)35-24-25(37)27(39)30-29(26(24)38)42-13-43-30/h3-7,9-11,20,23-30,36-39H,8,12-13H2,1-2H3,(H,35,40)/b14-7+,15-9+/t20-,23?,24?,25-,26+,27+,28+,29-,30+/m0/s1. The summed E-state index contributed by atoms with van der Waals surface area (Å²) in [5.41, 5.74) is 1.19. The van der Waals surface area contributed by atoms with E-state index in [1.807, 2.05) is 0 Å². The third-order valence-electron chi connectivity index (χ3n) is 7.93. The van der Waals surface area contributed by atoms with Crippen LogP contribution in [-0.2, 0) is 19.0 Å². The number of halogens is 3. The van der Waals surface area contributed by atoms with Crippen LogP contribution in [0.25, 0.3) is 6.08 Å². The van der Waals surface area contributed by atoms with Crippen molar-refractivity contribution < 1.29 is 53.3 Å². The van der Waals surface area contributed by atoms with Crippen molar-refractivity contribution in [3.8, 4) is 11.5 Å². The molecule has 3 aliphatic rings. The number of benzene rings is 2. The van der Waals surface area contributed by atoms with E-state index in [-0.39, 0.29) is 31.1 Å². The zero-order valence-electron chi connectivity index (χ0n) is 24.3. The van der Waals surface area contributed by atoms with Crippen molar-refractivity contribution in [2.45, 2.75) is 75.3 Å². The van der Waals surface area contributed by atoms with Gasteiger partial charge in [-0.2, -0.15) is 0 Å². The predicted octanol–water partition coefficient (Wildman–Crippen LogP) is 2.74. The third-order valence-corrected chi connectivity index (χ3v) is 8.46. The third kappa shape index (κ3) is 7.62. The average Bonchev–Trinajstić information content (AvgIpc) is 3.63. The van der Waals surface area contributed by atoms with Crippen LogP contribution >= 0.6 is 23.2 Å². The maximum Gasteiger partial charge on any atom is 0.247 e. The zero-order valence-corrected chi connectivity index (χ0v) is 25.8. The lowest BCUT2D eigenvalue weighted by atomic mass is 9.83. The summed E-state index contributed by atoms with van der Waals surface area (Å²) >= 11 is 12.0. The van der Waals surface area contributed by atoms with E-state index in [1.165, 1.54) is 31.2 Å². The van der Waals surface area contributed by atoms with Gasteiger partial charge in [0.15, 0.2) is 11.6 Å². The van der Waals surface area contributed by atoms with E-state index >= 15 is 0 Å². The molecule has 2 aliphatic heterocycles. The Morgan fingerprint density at radius 2 is 1.73 bits per heavy atom. The largest absolute Gasteiger partial charge is 0.488 e. The minimum absolute atomic E-state index is 0.104. The number of rotatable bonds is 9. The highest BCUT2D eigenvalue weighted by Gasteiger charge is 2.53. The molecule has 2 saturated heterocycles. The van der Waals surface area contributed by atoms with Crippen molar-refractivity contribution in [1.29, 1.82) is 0 Å². The van der Waals surface area contributed by atoms with Crippen LogP contribution in [0, 0.1) is 5.82 Å². The number of carbonyl (C=O) groups is 1. The Morgan fingerprint density at radius 3 is 2.44 bits per heavy atom. The van der Waals surface area contributed by atoms with Crippen LogP contribution in [0.4, 0.5) is 4.39 Å². The van der Waals surface area contributed by atoms with Crippen LogP contribution < -0.4 is 14.8 Å². The second kappa shape index (κ2) is 14.3. The maximum absolute atomic E-state index is 15.0. The molecule has 0 aromatic heterocycles. The number of hydrogen-bond donors (Lipinski definition) is 5. The van der Waals surface area contributed by atoms with Crippen LogP contribution in [0.15, 0.2) is 53.6 Å². The smallest absolute Gasteiger partial charge is 0.247 e. The highest BCUT2D eigenvalue weighted by Crippen LogP contribution is 2.32. The topological polar surface area (TPSA) is 156 Å². The molecular formula is C31H34Cl2FNO10. The first-order valence-corrected chi connectivity index (χ1v) is 15.0. The van der Waals surface area contributed by atoms with E-state index in [0.717, 1.165) is 0 Å². The van der Waals surface area contributed by atoms with Crippen molar-refractivity contribution >= 4 is 35.2 Å². The van der Waals surface area contributed by atoms with Gasteiger partial charge >= 0.3 is 0 Å². The Hall–Kier alpha value is -2.78. The van der Waals surface area contributed by atoms with Gasteiger partial charge in [0, 0.05) is 17.0 Å². The van der Waals surface area contributed by atoms with E-state index in [9.17, 15) is 29.6 Å². The van der Waals surface area contributed by atoms with Crippen LogP contribution in [0.3, 0.4) is 0 Å². The number of carbonyl (C=O) groups excluding carboxylic acids is 1. The van der Waals surface area contributed by atoms with Gasteiger partial charge < -0.3 is 49.4 Å². The molecule has 2 aromatic rings. The van der Waals surface area contributed by atoms with Gasteiger partial charge in [0.1, 0.15) is 55.8 Å². The Balaban J connectivity index is 1.15. The Morgan fingerprint density at radius 1 is 1.02 bits per heavy atom. The van der Waals surface area contributed by atoms with Crippen LogP contribution in [0.5, 0.6) is 11.5 Å². The number of hydrogen-bond acceptors (Lipinski definition) is 10. The van der Waals surface area contributed by atoms with Gasteiger partial charge in [-0.25, -0.2) is 4.39 Å². The molecule has 2 aromatic carbocycles. The van der Waals surface area contributed by atoms with Gasteiger partial charge in [-0.3, -0.25) is 4.79 Å². The van der Waals surface area contributed by atoms with Gasteiger partial charge in [-0.15, -0.1) is 0 Å². The lowest BCUT2D eigenvalue weighted by Crippen LogP contribution is -2.67. The zero-order chi connectivity index (χ0) is 32.4. The summed E-state index contributed by atoms with van der Waals surface area (Å²) < 4.78 is 42.7. The van der Waals surface area contributed by atoms with Crippen molar-refractivity contribution in [1.82, 2.24) is 5.32 Å². The number of aliphatic hydroxyl groups is 4. The van der Waals surface area contributed by atoms with Crippen molar-refractivity contribution in [2.24, 2.45) is 0 Å². The highest BCUT2D eigenvalue weighted by molar-refractivity contribution is 6.35. The monoisotopic (exact) mass is 669 g/mol. The molecule has 2 unspecified atom stereocenters. The van der Waals surface area contributed by atoms with Gasteiger partial charge in [-0.05, 0) is 67.5 Å². The summed E-state index contributed by atoms with van der Waals surface area (Å²) in [5.74, 6) is -1.01. The first-order chi connectivity index (χ1) is 21.4. The molecule has 9 atom stereocenters. The summed E-state index contributed by atoms with van der Waals surface area (Å²) in [5, 5.41) is 45.2. The number of nitrogens with one attached hydrogen (secondary N) is 1. The first-order valence-electron chi connectivity index (χ1n) is 14.2. The minimum atomic E-state index is -1.49. The lowest BCUT2D eigenvalue weighted by Gasteiger charge is -2.41. The van der Waals surface area contributed by atoms with Gasteiger partial charge in [0.25, 0.3) is 0 Å². The molecule has 1 saturated carbocycles. The fourth-order valence-electron chi connectivity index (χ4n) is 5.47. The average molecular weight is 671 g/mol. The quantitative estimate of drug-likeness (QED) is 0.199. The predicted molar refractivity (Wildman–Crippen MR) is 160 cm³/mol. The number of fused-ring (bicyclic) bond motifs is 1. The molecular weight excluding hydrogens is 636 g/mol. The van der Waals surface area contributed by atoms with E-state index in [4.69, 9.17) is 46.9 Å². The molecule has 5 rings (SSSR count). The Bertz CT molecular complexity index is 1460. The van der Waals surface area contributed by atoms with Crippen molar-refractivity contribution in [2.75, 3.05) is 13.4 Å². The molecule has 1 aliphatic carbocycles. The number of ether oxygens (including phenoxy) is 5. The maximum atomic E-state index is 15.0. The summed E-state index contributed by atoms with van der Waals surface area (Å²) in [6, 6.07) is 7.74. The molecule has 0 bridgehead atoms. The van der Waals surface area contributed by atoms with Crippen LogP contribution in [0.1, 0.15) is 25.8 Å². The van der Waals surface area contributed by atoms with Gasteiger partial charge in [-0.1, -0.05) is 29.3 Å². The van der Waals surface area contributed by atoms with Crippen molar-refractivity contribution in [3.05, 3.63) is 75.0 Å². The fraction of sp³-hybridized carbons (Fsp3) is 0.452. The van der Waals surface area contributed by atoms with Crippen LogP contribution in [-0.4, -0.2) is 94.8 Å². The summed E-state index contributed by atoms with van der Waals surface area (Å²) in [6.07, 6.45) is -5.24. The van der Waals surface area contributed by atoms with E-state index in [2.05, 4.69) is 5.32 Å². The number of aliphatic hydroxyl groups excluding tert-OH is 4.